The minimum Gasteiger partial charge on any atom is -0.492 e. The standard InChI is InChI=1S/C11H10BN3O3S/c1-6-10(16)14-11(19-6)8-4-13-9-3-2-7(12(17)18)5-15(8)9/h2-5,16-18H,1H3. The lowest BCUT2D eigenvalue weighted by molar-refractivity contribution is 0.425. The van der Waals surface area contributed by atoms with Crippen molar-refractivity contribution in [1.29, 1.82) is 0 Å². The number of imidazole rings is 1. The van der Waals surface area contributed by atoms with E-state index in [1.165, 1.54) is 11.3 Å². The summed E-state index contributed by atoms with van der Waals surface area (Å²) >= 11 is 1.35. The van der Waals surface area contributed by atoms with Crippen molar-refractivity contribution >= 4 is 29.6 Å². The second-order valence-electron chi connectivity index (χ2n) is 4.11. The molecule has 3 aromatic rings. The fraction of sp³-hybridized carbons (Fsp3) is 0.0909. The minimum atomic E-state index is -1.54. The predicted molar refractivity (Wildman–Crippen MR) is 72.5 cm³/mol. The molecule has 19 heavy (non-hydrogen) atoms. The van der Waals surface area contributed by atoms with E-state index in [2.05, 4.69) is 9.97 Å². The molecular weight excluding hydrogens is 265 g/mol. The molecule has 3 heterocycles. The smallest absolute Gasteiger partial charge is 0.489 e. The molecule has 0 bridgehead atoms. The van der Waals surface area contributed by atoms with E-state index < -0.39 is 7.12 Å². The molecule has 3 N–H and O–H groups in total. The quantitative estimate of drug-likeness (QED) is 0.579. The van der Waals surface area contributed by atoms with Crippen LogP contribution in [0.2, 0.25) is 0 Å². The maximum absolute atomic E-state index is 9.54. The summed E-state index contributed by atoms with van der Waals surface area (Å²) in [4.78, 5) is 9.01. The van der Waals surface area contributed by atoms with Crippen molar-refractivity contribution in [1.82, 2.24) is 14.4 Å². The summed E-state index contributed by atoms with van der Waals surface area (Å²) in [6.45, 7) is 1.78. The number of nitrogens with zero attached hydrogens (tertiary/aromatic N) is 3. The van der Waals surface area contributed by atoms with E-state index in [-0.39, 0.29) is 5.88 Å². The molecule has 8 heteroatoms. The Kier molecular flexibility index (Phi) is 2.77. The van der Waals surface area contributed by atoms with E-state index in [1.54, 1.807) is 35.9 Å². The highest BCUT2D eigenvalue weighted by Crippen LogP contribution is 2.30. The number of fused-ring (bicyclic) bond motifs is 1. The molecular formula is C11H10BN3O3S. The van der Waals surface area contributed by atoms with Gasteiger partial charge in [-0.3, -0.25) is 4.40 Å². The van der Waals surface area contributed by atoms with Crippen LogP contribution in [0.15, 0.2) is 24.5 Å². The molecule has 0 aliphatic carbocycles. The fourth-order valence-electron chi connectivity index (χ4n) is 1.81. The van der Waals surface area contributed by atoms with Gasteiger partial charge in [-0.2, -0.15) is 4.98 Å². The molecule has 3 aromatic heterocycles. The molecule has 3 rings (SSSR count). The van der Waals surface area contributed by atoms with Gasteiger partial charge in [-0.05, 0) is 18.5 Å². The van der Waals surface area contributed by atoms with Gasteiger partial charge in [-0.1, -0.05) is 6.07 Å². The van der Waals surface area contributed by atoms with Gasteiger partial charge in [0.2, 0.25) is 5.88 Å². The molecule has 0 aliphatic rings. The first-order chi connectivity index (χ1) is 9.06. The SMILES string of the molecule is Cc1sc(-c2cnc3ccc(B(O)O)cn23)nc1O. The zero-order chi connectivity index (χ0) is 13.6. The minimum absolute atomic E-state index is 0.00768. The Morgan fingerprint density at radius 2 is 2.11 bits per heavy atom. The van der Waals surface area contributed by atoms with Gasteiger partial charge in [0.25, 0.3) is 0 Å². The van der Waals surface area contributed by atoms with Crippen LogP contribution in [0.4, 0.5) is 0 Å². The number of thiazole rings is 1. The molecule has 0 amide bonds. The Morgan fingerprint density at radius 3 is 2.74 bits per heavy atom. The molecule has 0 unspecified atom stereocenters. The van der Waals surface area contributed by atoms with Crippen LogP contribution >= 0.6 is 11.3 Å². The summed E-state index contributed by atoms with van der Waals surface area (Å²) in [6, 6.07) is 3.29. The monoisotopic (exact) mass is 275 g/mol. The van der Waals surface area contributed by atoms with Gasteiger partial charge in [0.1, 0.15) is 16.3 Å². The third-order valence-electron chi connectivity index (χ3n) is 2.82. The van der Waals surface area contributed by atoms with E-state index in [4.69, 9.17) is 0 Å². The Balaban J connectivity index is 2.20. The second kappa shape index (κ2) is 4.34. The molecule has 0 aliphatic heterocycles. The highest BCUT2D eigenvalue weighted by molar-refractivity contribution is 7.15. The summed E-state index contributed by atoms with van der Waals surface area (Å²) in [6.07, 6.45) is 3.23. The van der Waals surface area contributed by atoms with Crippen LogP contribution in [0, 0.1) is 6.92 Å². The van der Waals surface area contributed by atoms with E-state index in [9.17, 15) is 15.2 Å². The first-order valence-corrected chi connectivity index (χ1v) is 6.38. The van der Waals surface area contributed by atoms with Crippen molar-refractivity contribution in [2.45, 2.75) is 6.92 Å². The number of hydrogen-bond acceptors (Lipinski definition) is 6. The highest BCUT2D eigenvalue weighted by Gasteiger charge is 2.16. The maximum atomic E-state index is 9.54. The summed E-state index contributed by atoms with van der Waals surface area (Å²) in [5, 5.41) is 28.6. The Bertz CT molecular complexity index is 733. The van der Waals surface area contributed by atoms with Crippen LogP contribution in [0.5, 0.6) is 5.88 Å². The normalized spacial score (nSPS) is 11.1. The second-order valence-corrected chi connectivity index (χ2v) is 5.31. The van der Waals surface area contributed by atoms with E-state index in [0.717, 1.165) is 4.88 Å². The lowest BCUT2D eigenvalue weighted by atomic mass is 9.82. The van der Waals surface area contributed by atoms with Gasteiger partial charge in [-0.15, -0.1) is 11.3 Å². The van der Waals surface area contributed by atoms with Crippen LogP contribution in [-0.2, 0) is 0 Å². The largest absolute Gasteiger partial charge is 0.492 e. The summed E-state index contributed by atoms with van der Waals surface area (Å²) in [5.41, 5.74) is 1.74. The van der Waals surface area contributed by atoms with Crippen molar-refractivity contribution in [3.05, 3.63) is 29.4 Å². The zero-order valence-electron chi connectivity index (χ0n) is 9.98. The molecule has 96 valence electrons. The molecule has 6 nitrogen and oxygen atoms in total. The number of aromatic nitrogens is 3. The Hall–Kier alpha value is -1.90. The fourth-order valence-corrected chi connectivity index (χ4v) is 2.62. The first-order valence-electron chi connectivity index (χ1n) is 5.56. The molecule has 0 saturated carbocycles. The van der Waals surface area contributed by atoms with Crippen LogP contribution in [-0.4, -0.2) is 36.6 Å². The first kappa shape index (κ1) is 12.2. The molecule has 0 atom stereocenters. The average Bonchev–Trinajstić information content (AvgIpc) is 2.93. The number of aromatic hydroxyl groups is 1. The van der Waals surface area contributed by atoms with E-state index in [1.807, 2.05) is 0 Å². The molecule has 0 aromatic carbocycles. The third-order valence-corrected chi connectivity index (χ3v) is 3.80. The number of pyridine rings is 1. The van der Waals surface area contributed by atoms with Crippen molar-refractivity contribution in [3.8, 4) is 16.6 Å². The molecule has 0 fully saturated rings. The van der Waals surface area contributed by atoms with Crippen molar-refractivity contribution < 1.29 is 15.2 Å². The van der Waals surface area contributed by atoms with Gasteiger partial charge >= 0.3 is 7.12 Å². The number of aryl methyl sites for hydroxylation is 1. The number of hydrogen-bond donors (Lipinski definition) is 3. The molecule has 0 radical (unpaired) electrons. The lowest BCUT2D eigenvalue weighted by Crippen LogP contribution is -2.30. The van der Waals surface area contributed by atoms with Crippen molar-refractivity contribution in [2.75, 3.05) is 0 Å². The van der Waals surface area contributed by atoms with E-state index in [0.29, 0.717) is 21.8 Å². The number of rotatable bonds is 2. The van der Waals surface area contributed by atoms with Crippen LogP contribution in [0.3, 0.4) is 0 Å². The van der Waals surface area contributed by atoms with Crippen molar-refractivity contribution in [2.24, 2.45) is 0 Å². The zero-order valence-corrected chi connectivity index (χ0v) is 10.8. The molecule has 0 saturated heterocycles. The van der Waals surface area contributed by atoms with E-state index >= 15 is 0 Å². The summed E-state index contributed by atoms with van der Waals surface area (Å²) in [7, 11) is -1.54. The van der Waals surface area contributed by atoms with Gasteiger partial charge in [0.15, 0.2) is 0 Å². The Labute approximate surface area is 112 Å². The third kappa shape index (κ3) is 1.99. The maximum Gasteiger partial charge on any atom is 0.489 e. The molecule has 0 spiro atoms. The Morgan fingerprint density at radius 1 is 1.32 bits per heavy atom. The van der Waals surface area contributed by atoms with Gasteiger partial charge in [0.05, 0.1) is 11.1 Å². The van der Waals surface area contributed by atoms with Gasteiger partial charge in [-0.25, -0.2) is 4.98 Å². The lowest BCUT2D eigenvalue weighted by Gasteiger charge is -2.02. The highest BCUT2D eigenvalue weighted by atomic mass is 32.1. The van der Waals surface area contributed by atoms with Crippen molar-refractivity contribution in [3.63, 3.8) is 0 Å². The topological polar surface area (TPSA) is 90.9 Å². The van der Waals surface area contributed by atoms with Gasteiger partial charge in [0, 0.05) is 6.20 Å². The van der Waals surface area contributed by atoms with Gasteiger partial charge < -0.3 is 15.2 Å². The van der Waals surface area contributed by atoms with Crippen LogP contribution < -0.4 is 5.46 Å². The average molecular weight is 275 g/mol. The van der Waals surface area contributed by atoms with Crippen LogP contribution in [0.25, 0.3) is 16.3 Å². The summed E-state index contributed by atoms with van der Waals surface area (Å²) < 4.78 is 1.71. The predicted octanol–water partition coefficient (Wildman–Crippen LogP) is 0.152. The summed E-state index contributed by atoms with van der Waals surface area (Å²) in [5.74, 6) is 0.00768. The van der Waals surface area contributed by atoms with Crippen LogP contribution in [0.1, 0.15) is 4.88 Å².